The molecule has 0 spiro atoms. The van der Waals surface area contributed by atoms with E-state index in [1.54, 1.807) is 18.3 Å². The normalized spacial score (nSPS) is 15.9. The average Bonchev–Trinajstić information content (AvgIpc) is 2.92. The number of hydrogen-bond acceptors (Lipinski definition) is 6. The van der Waals surface area contributed by atoms with Gasteiger partial charge in [-0.1, -0.05) is 32.9 Å². The van der Waals surface area contributed by atoms with Crippen LogP contribution in [0, 0.1) is 11.2 Å². The van der Waals surface area contributed by atoms with Crippen LogP contribution in [-0.2, 0) is 22.4 Å². The van der Waals surface area contributed by atoms with E-state index in [-0.39, 0.29) is 11.2 Å². The molecule has 0 unspecified atom stereocenters. The zero-order chi connectivity index (χ0) is 29.8. The SMILES string of the molecule is CCc1ncc(-c2ccc(OCCc3ccc(F)cc3)cn2)c(N2CCC(C)(C)CC2)c1[C@H](OC(C)(C)C)C(=O)O. The van der Waals surface area contributed by atoms with Gasteiger partial charge >= 0.3 is 5.97 Å². The van der Waals surface area contributed by atoms with E-state index < -0.39 is 17.7 Å². The number of piperidine rings is 1. The molecule has 1 fully saturated rings. The summed E-state index contributed by atoms with van der Waals surface area (Å²) in [5.74, 6) is -0.675. The van der Waals surface area contributed by atoms with Gasteiger partial charge in [0, 0.05) is 42.5 Å². The van der Waals surface area contributed by atoms with E-state index in [2.05, 4.69) is 18.7 Å². The number of benzene rings is 1. The molecule has 1 aliphatic heterocycles. The van der Waals surface area contributed by atoms with Crippen LogP contribution in [0.15, 0.2) is 48.8 Å². The largest absolute Gasteiger partial charge is 0.492 e. The van der Waals surface area contributed by atoms with Crippen LogP contribution < -0.4 is 9.64 Å². The highest BCUT2D eigenvalue weighted by atomic mass is 19.1. The van der Waals surface area contributed by atoms with E-state index in [1.165, 1.54) is 12.1 Å². The van der Waals surface area contributed by atoms with Crippen LogP contribution in [0.25, 0.3) is 11.3 Å². The monoisotopic (exact) mass is 563 g/mol. The lowest BCUT2D eigenvalue weighted by Gasteiger charge is -2.41. The van der Waals surface area contributed by atoms with E-state index in [0.29, 0.717) is 42.1 Å². The zero-order valence-corrected chi connectivity index (χ0v) is 25.0. The lowest BCUT2D eigenvalue weighted by Crippen LogP contribution is -2.39. The third-order valence-corrected chi connectivity index (χ3v) is 7.48. The molecule has 1 saturated heterocycles. The van der Waals surface area contributed by atoms with Gasteiger partial charge in [-0.2, -0.15) is 0 Å². The molecule has 8 heteroatoms. The summed E-state index contributed by atoms with van der Waals surface area (Å²) in [6, 6.07) is 10.1. The van der Waals surface area contributed by atoms with Gasteiger partial charge in [0.25, 0.3) is 0 Å². The third kappa shape index (κ3) is 7.82. The van der Waals surface area contributed by atoms with Crippen molar-refractivity contribution in [3.8, 4) is 17.0 Å². The Morgan fingerprint density at radius 2 is 1.76 bits per heavy atom. The number of aryl methyl sites for hydroxylation is 1. The lowest BCUT2D eigenvalue weighted by molar-refractivity contribution is -0.160. The van der Waals surface area contributed by atoms with Crippen LogP contribution in [0.3, 0.4) is 0 Å². The number of hydrogen-bond donors (Lipinski definition) is 1. The predicted molar refractivity (Wildman–Crippen MR) is 159 cm³/mol. The summed E-state index contributed by atoms with van der Waals surface area (Å²) in [6.45, 7) is 14.2. The van der Waals surface area contributed by atoms with Crippen molar-refractivity contribution in [2.75, 3.05) is 24.6 Å². The van der Waals surface area contributed by atoms with Crippen molar-refractivity contribution in [1.29, 1.82) is 0 Å². The Labute approximate surface area is 242 Å². The van der Waals surface area contributed by atoms with Gasteiger partial charge in [-0.25, -0.2) is 9.18 Å². The number of rotatable bonds is 10. The molecule has 0 saturated carbocycles. The first-order valence-corrected chi connectivity index (χ1v) is 14.4. The summed E-state index contributed by atoms with van der Waals surface area (Å²) in [7, 11) is 0. The number of carboxylic acid groups (broad SMARTS) is 1. The smallest absolute Gasteiger partial charge is 0.337 e. The molecule has 7 nitrogen and oxygen atoms in total. The second-order valence-corrected chi connectivity index (χ2v) is 12.4. The second kappa shape index (κ2) is 12.6. The van der Waals surface area contributed by atoms with E-state index in [0.717, 1.165) is 42.7 Å². The van der Waals surface area contributed by atoms with Crippen LogP contribution in [0.4, 0.5) is 10.1 Å². The van der Waals surface area contributed by atoms with Gasteiger partial charge < -0.3 is 19.5 Å². The van der Waals surface area contributed by atoms with Crippen LogP contribution in [-0.4, -0.2) is 46.3 Å². The molecule has 1 aliphatic rings. The molecule has 2 aromatic heterocycles. The maximum atomic E-state index is 13.2. The van der Waals surface area contributed by atoms with Crippen LogP contribution in [0.1, 0.15) is 77.3 Å². The van der Waals surface area contributed by atoms with Crippen molar-refractivity contribution >= 4 is 11.7 Å². The van der Waals surface area contributed by atoms with Gasteiger partial charge in [-0.3, -0.25) is 9.97 Å². The summed E-state index contributed by atoms with van der Waals surface area (Å²) < 4.78 is 25.2. The number of pyridine rings is 2. The minimum Gasteiger partial charge on any atom is -0.492 e. The number of anilines is 1. The molecule has 1 atom stereocenters. The fourth-order valence-electron chi connectivity index (χ4n) is 5.13. The first-order chi connectivity index (χ1) is 19.4. The molecule has 4 rings (SSSR count). The van der Waals surface area contributed by atoms with Crippen molar-refractivity contribution in [3.05, 3.63) is 71.4 Å². The number of carbonyl (C=O) groups is 1. The van der Waals surface area contributed by atoms with E-state index >= 15 is 0 Å². The van der Waals surface area contributed by atoms with Crippen LogP contribution in [0.5, 0.6) is 5.75 Å². The number of aromatic nitrogens is 2. The number of nitrogens with zero attached hydrogens (tertiary/aromatic N) is 3. The maximum absolute atomic E-state index is 13.2. The molecule has 0 amide bonds. The van der Waals surface area contributed by atoms with Gasteiger partial charge in [-0.05, 0) is 75.3 Å². The van der Waals surface area contributed by atoms with Crippen molar-refractivity contribution in [2.24, 2.45) is 5.41 Å². The highest BCUT2D eigenvalue weighted by Crippen LogP contribution is 2.43. The van der Waals surface area contributed by atoms with Crippen LogP contribution in [0.2, 0.25) is 0 Å². The van der Waals surface area contributed by atoms with Crippen molar-refractivity contribution in [3.63, 3.8) is 0 Å². The lowest BCUT2D eigenvalue weighted by atomic mass is 9.82. The fourth-order valence-corrected chi connectivity index (χ4v) is 5.13. The molecular formula is C33H42FN3O4. The van der Waals surface area contributed by atoms with E-state index in [1.807, 2.05) is 46.0 Å². The van der Waals surface area contributed by atoms with E-state index in [4.69, 9.17) is 19.4 Å². The summed E-state index contributed by atoms with van der Waals surface area (Å²) >= 11 is 0. The maximum Gasteiger partial charge on any atom is 0.337 e. The molecule has 0 bridgehead atoms. The van der Waals surface area contributed by atoms with Crippen LogP contribution >= 0.6 is 0 Å². The fraction of sp³-hybridized carbons (Fsp3) is 0.485. The average molecular weight is 564 g/mol. The Morgan fingerprint density at radius 1 is 1.07 bits per heavy atom. The number of halogens is 1. The summed E-state index contributed by atoms with van der Waals surface area (Å²) in [5.41, 5.74) is 4.16. The molecule has 41 heavy (non-hydrogen) atoms. The molecule has 1 N–H and O–H groups in total. The molecule has 220 valence electrons. The summed E-state index contributed by atoms with van der Waals surface area (Å²) in [4.78, 5) is 24.4. The summed E-state index contributed by atoms with van der Waals surface area (Å²) in [6.07, 6.45) is 5.52. The first-order valence-electron chi connectivity index (χ1n) is 14.4. The quantitative estimate of drug-likeness (QED) is 0.283. The zero-order valence-electron chi connectivity index (χ0n) is 25.0. The van der Waals surface area contributed by atoms with Gasteiger partial charge in [0.1, 0.15) is 11.6 Å². The van der Waals surface area contributed by atoms with Gasteiger partial charge in [0.05, 0.1) is 29.8 Å². The summed E-state index contributed by atoms with van der Waals surface area (Å²) in [5, 5.41) is 10.4. The molecule has 3 heterocycles. The molecule has 3 aromatic rings. The molecule has 1 aromatic carbocycles. The number of ether oxygens (including phenoxy) is 2. The minimum absolute atomic E-state index is 0.219. The predicted octanol–water partition coefficient (Wildman–Crippen LogP) is 7.03. The Balaban J connectivity index is 1.70. The number of aliphatic carboxylic acids is 1. The Kier molecular flexibility index (Phi) is 9.32. The molecular weight excluding hydrogens is 521 g/mol. The Hall–Kier alpha value is -3.52. The van der Waals surface area contributed by atoms with Crippen molar-refractivity contribution < 1.29 is 23.8 Å². The topological polar surface area (TPSA) is 84.8 Å². The van der Waals surface area contributed by atoms with Crippen molar-refractivity contribution in [1.82, 2.24) is 9.97 Å². The third-order valence-electron chi connectivity index (χ3n) is 7.48. The minimum atomic E-state index is -1.17. The Morgan fingerprint density at radius 3 is 2.32 bits per heavy atom. The van der Waals surface area contributed by atoms with Crippen molar-refractivity contribution in [2.45, 2.75) is 78.9 Å². The molecule has 0 radical (unpaired) electrons. The van der Waals surface area contributed by atoms with Gasteiger partial charge in [-0.15, -0.1) is 0 Å². The van der Waals surface area contributed by atoms with Gasteiger partial charge in [0.2, 0.25) is 0 Å². The first kappa shape index (κ1) is 30.4. The second-order valence-electron chi connectivity index (χ2n) is 12.4. The van der Waals surface area contributed by atoms with Gasteiger partial charge in [0.15, 0.2) is 6.10 Å². The highest BCUT2D eigenvalue weighted by Gasteiger charge is 2.36. The van der Waals surface area contributed by atoms with E-state index in [9.17, 15) is 14.3 Å². The highest BCUT2D eigenvalue weighted by molar-refractivity contribution is 5.85. The standard InChI is InChI=1S/C33H42FN3O4/c1-7-26-28(30(31(38)39)41-32(2,3)4)29(37-17-15-33(5,6)16-18-37)25(21-36-26)27-13-12-24(20-35-27)40-19-14-22-8-10-23(34)11-9-22/h8-13,20-21,30H,7,14-19H2,1-6H3,(H,38,39)/t30-/m0/s1. The molecule has 0 aliphatic carbocycles. The Bertz CT molecular complexity index is 1320. The number of carboxylic acids is 1.